The van der Waals surface area contributed by atoms with E-state index < -0.39 is 10.8 Å². The van der Waals surface area contributed by atoms with Crippen LogP contribution in [0.25, 0.3) is 0 Å². The van der Waals surface area contributed by atoms with Crippen molar-refractivity contribution >= 4 is 10.8 Å². The molecule has 0 aliphatic heterocycles. The summed E-state index contributed by atoms with van der Waals surface area (Å²) in [5.74, 6) is 0.710. The number of aliphatic hydroxyl groups is 1. The minimum absolute atomic E-state index is 0.105. The Balaban J connectivity index is 2.23. The average Bonchev–Trinajstić information content (AvgIpc) is 2.26. The minimum Gasteiger partial charge on any atom is -0.396 e. The molecule has 0 saturated heterocycles. The standard InChI is InChI=1S/C11H23NO2S/c1-15(14)8-7-12-9-11(10-13)5-3-2-4-6-11/h12-13H,2-10H2,1H3. The van der Waals surface area contributed by atoms with Gasteiger partial charge in [0, 0.05) is 47.9 Å². The molecule has 4 heteroatoms. The Morgan fingerprint density at radius 1 is 1.33 bits per heavy atom. The first-order valence-electron chi connectivity index (χ1n) is 5.80. The first kappa shape index (κ1) is 13.1. The van der Waals surface area contributed by atoms with E-state index in [0.717, 1.165) is 25.9 Å². The fourth-order valence-corrected chi connectivity index (χ4v) is 2.69. The zero-order chi connectivity index (χ0) is 11.1. The summed E-state index contributed by atoms with van der Waals surface area (Å²) in [6.07, 6.45) is 7.77. The van der Waals surface area contributed by atoms with Gasteiger partial charge in [-0.3, -0.25) is 4.21 Å². The van der Waals surface area contributed by atoms with E-state index in [1.165, 1.54) is 19.3 Å². The summed E-state index contributed by atoms with van der Waals surface area (Å²) < 4.78 is 10.9. The zero-order valence-corrected chi connectivity index (χ0v) is 10.4. The van der Waals surface area contributed by atoms with Gasteiger partial charge in [0.05, 0.1) is 0 Å². The molecule has 1 saturated carbocycles. The molecule has 1 atom stereocenters. The third kappa shape index (κ3) is 4.62. The molecule has 0 spiro atoms. The quantitative estimate of drug-likeness (QED) is 0.670. The van der Waals surface area contributed by atoms with Crippen molar-refractivity contribution in [3.63, 3.8) is 0 Å². The van der Waals surface area contributed by atoms with E-state index in [-0.39, 0.29) is 12.0 Å². The third-order valence-corrected chi connectivity index (χ3v) is 4.09. The maximum absolute atomic E-state index is 10.9. The lowest BCUT2D eigenvalue weighted by Gasteiger charge is -2.35. The fraction of sp³-hybridized carbons (Fsp3) is 1.00. The molecule has 0 radical (unpaired) electrons. The summed E-state index contributed by atoms with van der Waals surface area (Å²) in [5, 5.41) is 12.8. The number of aliphatic hydroxyl groups excluding tert-OH is 1. The highest BCUT2D eigenvalue weighted by atomic mass is 32.2. The predicted octanol–water partition coefficient (Wildman–Crippen LogP) is 0.897. The Bertz CT molecular complexity index is 203. The van der Waals surface area contributed by atoms with Gasteiger partial charge in [0.2, 0.25) is 0 Å². The van der Waals surface area contributed by atoms with Crippen molar-refractivity contribution < 1.29 is 9.32 Å². The molecular formula is C11H23NO2S. The van der Waals surface area contributed by atoms with Crippen molar-refractivity contribution in [2.75, 3.05) is 31.7 Å². The molecule has 90 valence electrons. The summed E-state index contributed by atoms with van der Waals surface area (Å²) in [6, 6.07) is 0. The summed E-state index contributed by atoms with van der Waals surface area (Å²) in [4.78, 5) is 0. The lowest BCUT2D eigenvalue weighted by molar-refractivity contribution is 0.0820. The first-order valence-corrected chi connectivity index (χ1v) is 7.53. The van der Waals surface area contributed by atoms with E-state index in [4.69, 9.17) is 0 Å². The summed E-state index contributed by atoms with van der Waals surface area (Å²) in [7, 11) is -0.712. The van der Waals surface area contributed by atoms with Crippen molar-refractivity contribution in [1.82, 2.24) is 5.32 Å². The molecule has 0 aromatic carbocycles. The van der Waals surface area contributed by atoms with Gasteiger partial charge in [-0.05, 0) is 12.8 Å². The van der Waals surface area contributed by atoms with Gasteiger partial charge in [0.15, 0.2) is 0 Å². The second-order valence-corrected chi connectivity index (χ2v) is 6.23. The third-order valence-electron chi connectivity index (χ3n) is 3.32. The van der Waals surface area contributed by atoms with Crippen LogP contribution in [0.3, 0.4) is 0 Å². The predicted molar refractivity (Wildman–Crippen MR) is 64.4 cm³/mol. The maximum atomic E-state index is 10.9. The van der Waals surface area contributed by atoms with Gasteiger partial charge in [-0.2, -0.15) is 0 Å². The van der Waals surface area contributed by atoms with Crippen LogP contribution in [0.2, 0.25) is 0 Å². The molecule has 1 rings (SSSR count). The lowest BCUT2D eigenvalue weighted by atomic mass is 9.74. The van der Waals surface area contributed by atoms with Gasteiger partial charge < -0.3 is 10.4 Å². The average molecular weight is 233 g/mol. The Hall–Kier alpha value is 0.0700. The zero-order valence-electron chi connectivity index (χ0n) is 9.63. The number of hydrogen-bond donors (Lipinski definition) is 2. The Labute approximate surface area is 95.1 Å². The maximum Gasteiger partial charge on any atom is 0.0499 e. The SMILES string of the molecule is CS(=O)CCNCC1(CO)CCCCC1. The molecule has 1 fully saturated rings. The molecule has 3 nitrogen and oxygen atoms in total. The van der Waals surface area contributed by atoms with Crippen LogP contribution in [-0.4, -0.2) is 41.0 Å². The Morgan fingerprint density at radius 3 is 2.53 bits per heavy atom. The highest BCUT2D eigenvalue weighted by Crippen LogP contribution is 2.34. The van der Waals surface area contributed by atoms with Gasteiger partial charge in [0.1, 0.15) is 0 Å². The molecule has 1 unspecified atom stereocenters. The van der Waals surface area contributed by atoms with Crippen LogP contribution in [0.4, 0.5) is 0 Å². The fourth-order valence-electron chi connectivity index (χ4n) is 2.26. The van der Waals surface area contributed by atoms with E-state index in [9.17, 15) is 9.32 Å². The van der Waals surface area contributed by atoms with Crippen molar-refractivity contribution in [2.45, 2.75) is 32.1 Å². The van der Waals surface area contributed by atoms with Gasteiger partial charge >= 0.3 is 0 Å². The lowest BCUT2D eigenvalue weighted by Crippen LogP contribution is -2.40. The monoisotopic (exact) mass is 233 g/mol. The molecule has 1 aliphatic carbocycles. The second kappa shape index (κ2) is 6.61. The van der Waals surface area contributed by atoms with Crippen LogP contribution in [0, 0.1) is 5.41 Å². The minimum atomic E-state index is -0.712. The molecule has 1 aliphatic rings. The van der Waals surface area contributed by atoms with Gasteiger partial charge in [0.25, 0.3) is 0 Å². The Kier molecular flexibility index (Phi) is 5.79. The summed E-state index contributed by atoms with van der Waals surface area (Å²) in [6.45, 7) is 1.96. The molecular weight excluding hydrogens is 210 g/mol. The summed E-state index contributed by atoms with van der Waals surface area (Å²) >= 11 is 0. The van der Waals surface area contributed by atoms with Crippen LogP contribution in [0.5, 0.6) is 0 Å². The van der Waals surface area contributed by atoms with E-state index in [1.54, 1.807) is 6.26 Å². The van der Waals surface area contributed by atoms with Crippen LogP contribution in [0.15, 0.2) is 0 Å². The normalized spacial score (nSPS) is 22.5. The van der Waals surface area contributed by atoms with Crippen molar-refractivity contribution in [3.8, 4) is 0 Å². The molecule has 0 bridgehead atoms. The molecule has 0 aromatic heterocycles. The van der Waals surface area contributed by atoms with Crippen molar-refractivity contribution in [1.29, 1.82) is 0 Å². The second-order valence-electron chi connectivity index (χ2n) is 4.67. The smallest absolute Gasteiger partial charge is 0.0499 e. The molecule has 15 heavy (non-hydrogen) atoms. The van der Waals surface area contributed by atoms with Gasteiger partial charge in [-0.15, -0.1) is 0 Å². The van der Waals surface area contributed by atoms with E-state index >= 15 is 0 Å². The van der Waals surface area contributed by atoms with E-state index in [0.29, 0.717) is 5.75 Å². The topological polar surface area (TPSA) is 49.3 Å². The van der Waals surface area contributed by atoms with Crippen LogP contribution in [-0.2, 0) is 10.8 Å². The highest BCUT2D eigenvalue weighted by molar-refractivity contribution is 7.84. The molecule has 0 amide bonds. The molecule has 0 heterocycles. The van der Waals surface area contributed by atoms with Crippen molar-refractivity contribution in [2.24, 2.45) is 5.41 Å². The molecule has 0 aromatic rings. The van der Waals surface area contributed by atoms with Crippen LogP contribution < -0.4 is 5.32 Å². The number of hydrogen-bond acceptors (Lipinski definition) is 3. The largest absolute Gasteiger partial charge is 0.396 e. The van der Waals surface area contributed by atoms with E-state index in [2.05, 4.69) is 5.32 Å². The highest BCUT2D eigenvalue weighted by Gasteiger charge is 2.30. The van der Waals surface area contributed by atoms with Gasteiger partial charge in [-0.1, -0.05) is 19.3 Å². The number of nitrogens with one attached hydrogen (secondary N) is 1. The van der Waals surface area contributed by atoms with E-state index in [1.807, 2.05) is 0 Å². The number of rotatable bonds is 6. The molecule has 2 N–H and O–H groups in total. The van der Waals surface area contributed by atoms with Crippen molar-refractivity contribution in [3.05, 3.63) is 0 Å². The summed E-state index contributed by atoms with van der Waals surface area (Å²) in [5.41, 5.74) is 0.105. The van der Waals surface area contributed by atoms with Gasteiger partial charge in [-0.25, -0.2) is 0 Å². The first-order chi connectivity index (χ1) is 7.18. The Morgan fingerprint density at radius 2 is 2.00 bits per heavy atom. The van der Waals surface area contributed by atoms with Crippen LogP contribution >= 0.6 is 0 Å². The van der Waals surface area contributed by atoms with Crippen LogP contribution in [0.1, 0.15) is 32.1 Å².